The summed E-state index contributed by atoms with van der Waals surface area (Å²) in [5.41, 5.74) is -0.597. The smallest absolute Gasteiger partial charge is 0.410 e. The maximum atomic E-state index is 13.6. The van der Waals surface area contributed by atoms with Gasteiger partial charge in [0.05, 0.1) is 12.6 Å². The van der Waals surface area contributed by atoms with Crippen molar-refractivity contribution in [2.24, 2.45) is 4.99 Å². The number of nitrogens with zero attached hydrogens (tertiary/aromatic N) is 2. The summed E-state index contributed by atoms with van der Waals surface area (Å²) >= 11 is 0. The summed E-state index contributed by atoms with van der Waals surface area (Å²) in [4.78, 5) is 26.4. The summed E-state index contributed by atoms with van der Waals surface area (Å²) in [5.74, 6) is 0. The molecule has 2 atom stereocenters. The number of rotatable bonds is 1. The van der Waals surface area contributed by atoms with Crippen LogP contribution >= 0.6 is 0 Å². The molecule has 0 aromatic rings. The first-order valence-corrected chi connectivity index (χ1v) is 5.52. The molecule has 0 radical (unpaired) electrons. The summed E-state index contributed by atoms with van der Waals surface area (Å²) in [5, 5.41) is 0. The number of ether oxygens (including phenoxy) is 1. The van der Waals surface area contributed by atoms with Crippen LogP contribution in [0.2, 0.25) is 0 Å². The summed E-state index contributed by atoms with van der Waals surface area (Å²) in [6, 6.07) is -0.689. The van der Waals surface area contributed by atoms with Crippen molar-refractivity contribution >= 4 is 12.2 Å². The number of halogens is 1. The van der Waals surface area contributed by atoms with E-state index in [1.165, 1.54) is 11.0 Å². The summed E-state index contributed by atoms with van der Waals surface area (Å²) < 4.78 is 18.7. The van der Waals surface area contributed by atoms with Gasteiger partial charge in [0.1, 0.15) is 11.8 Å². The molecule has 17 heavy (non-hydrogen) atoms. The van der Waals surface area contributed by atoms with Crippen LogP contribution in [0, 0.1) is 0 Å². The van der Waals surface area contributed by atoms with Gasteiger partial charge >= 0.3 is 6.09 Å². The molecular formula is C11H17FN2O3. The van der Waals surface area contributed by atoms with Gasteiger partial charge in [0.15, 0.2) is 0 Å². The molecule has 1 saturated heterocycles. The van der Waals surface area contributed by atoms with E-state index in [1.807, 2.05) is 0 Å². The van der Waals surface area contributed by atoms with Crippen molar-refractivity contribution in [1.82, 2.24) is 4.90 Å². The minimum atomic E-state index is -1.34. The zero-order valence-corrected chi connectivity index (χ0v) is 10.3. The Balaban J connectivity index is 2.55. The van der Waals surface area contributed by atoms with E-state index in [9.17, 15) is 14.0 Å². The molecule has 0 aromatic heterocycles. The predicted molar refractivity (Wildman–Crippen MR) is 59.2 cm³/mol. The molecule has 1 heterocycles. The zero-order valence-electron chi connectivity index (χ0n) is 10.3. The van der Waals surface area contributed by atoms with Crippen LogP contribution in [-0.4, -0.2) is 48.0 Å². The number of alkyl halides is 1. The second kappa shape index (κ2) is 5.27. The first-order chi connectivity index (χ1) is 7.83. The topological polar surface area (TPSA) is 59.0 Å². The third kappa shape index (κ3) is 4.15. The minimum absolute atomic E-state index is 0.0925. The summed E-state index contributed by atoms with van der Waals surface area (Å²) in [6.07, 6.45) is -0.204. The Labute approximate surface area is 99.6 Å². The van der Waals surface area contributed by atoms with Gasteiger partial charge in [-0.2, -0.15) is 4.99 Å². The predicted octanol–water partition coefficient (Wildman–Crippen LogP) is 1.67. The van der Waals surface area contributed by atoms with Crippen molar-refractivity contribution in [2.45, 2.75) is 45.0 Å². The lowest BCUT2D eigenvalue weighted by Gasteiger charge is -2.33. The first-order valence-electron chi connectivity index (χ1n) is 5.52. The first kappa shape index (κ1) is 13.6. The highest BCUT2D eigenvalue weighted by molar-refractivity contribution is 5.68. The molecule has 1 amide bonds. The number of likely N-dealkylation sites (tertiary alicyclic amines) is 1. The lowest BCUT2D eigenvalue weighted by atomic mass is 10.0. The lowest BCUT2D eigenvalue weighted by Crippen LogP contribution is -2.48. The fourth-order valence-corrected chi connectivity index (χ4v) is 1.60. The maximum absolute atomic E-state index is 13.6. The number of piperidine rings is 1. The van der Waals surface area contributed by atoms with E-state index < -0.39 is 23.9 Å². The van der Waals surface area contributed by atoms with E-state index in [-0.39, 0.29) is 6.54 Å². The Morgan fingerprint density at radius 3 is 2.65 bits per heavy atom. The van der Waals surface area contributed by atoms with Crippen LogP contribution in [0.3, 0.4) is 0 Å². The largest absolute Gasteiger partial charge is 0.444 e. The van der Waals surface area contributed by atoms with Gasteiger partial charge in [-0.25, -0.2) is 14.0 Å². The van der Waals surface area contributed by atoms with Gasteiger partial charge in [-0.05, 0) is 27.2 Å². The highest BCUT2D eigenvalue weighted by Gasteiger charge is 2.33. The molecule has 1 aliphatic heterocycles. The zero-order chi connectivity index (χ0) is 13.1. The van der Waals surface area contributed by atoms with Crippen LogP contribution in [0.25, 0.3) is 0 Å². The number of amides is 1. The molecular weight excluding hydrogens is 227 g/mol. The monoisotopic (exact) mass is 244 g/mol. The Hall–Kier alpha value is -1.42. The van der Waals surface area contributed by atoms with Gasteiger partial charge in [0.25, 0.3) is 0 Å². The van der Waals surface area contributed by atoms with Gasteiger partial charge in [-0.15, -0.1) is 0 Å². The van der Waals surface area contributed by atoms with Crippen LogP contribution < -0.4 is 0 Å². The van der Waals surface area contributed by atoms with Crippen LogP contribution in [0.4, 0.5) is 9.18 Å². The van der Waals surface area contributed by atoms with Crippen molar-refractivity contribution < 1.29 is 18.7 Å². The van der Waals surface area contributed by atoms with Gasteiger partial charge in [-0.1, -0.05) is 0 Å². The normalized spacial score (nSPS) is 25.1. The van der Waals surface area contributed by atoms with E-state index in [1.54, 1.807) is 20.8 Å². The summed E-state index contributed by atoms with van der Waals surface area (Å²) in [7, 11) is 0. The van der Waals surface area contributed by atoms with Crippen LogP contribution in [0.1, 0.15) is 27.2 Å². The number of hydrogen-bond acceptors (Lipinski definition) is 4. The number of isocyanates is 1. The van der Waals surface area contributed by atoms with Gasteiger partial charge in [-0.3, -0.25) is 0 Å². The quantitative estimate of drug-likeness (QED) is 0.520. The number of aliphatic imine (C=N–C) groups is 1. The fourth-order valence-electron chi connectivity index (χ4n) is 1.60. The highest BCUT2D eigenvalue weighted by atomic mass is 19.1. The lowest BCUT2D eigenvalue weighted by molar-refractivity contribution is 0.0117. The van der Waals surface area contributed by atoms with Crippen molar-refractivity contribution in [2.75, 3.05) is 13.1 Å². The second-order valence-electron chi connectivity index (χ2n) is 5.02. The molecule has 6 heteroatoms. The van der Waals surface area contributed by atoms with E-state index >= 15 is 0 Å². The molecule has 0 spiro atoms. The Morgan fingerprint density at radius 2 is 2.18 bits per heavy atom. The van der Waals surface area contributed by atoms with Crippen LogP contribution in [0.15, 0.2) is 4.99 Å². The molecule has 5 nitrogen and oxygen atoms in total. The molecule has 96 valence electrons. The molecule has 2 unspecified atom stereocenters. The SMILES string of the molecule is CC(C)(C)OC(=O)N1CCC(N=C=O)C(F)C1. The van der Waals surface area contributed by atoms with Gasteiger partial charge in [0, 0.05) is 6.54 Å². The van der Waals surface area contributed by atoms with Crippen molar-refractivity contribution in [3.8, 4) is 0 Å². The van der Waals surface area contributed by atoms with E-state index in [0.717, 1.165) is 0 Å². The average molecular weight is 244 g/mol. The highest BCUT2D eigenvalue weighted by Crippen LogP contribution is 2.19. The Bertz CT molecular complexity index is 334. The minimum Gasteiger partial charge on any atom is -0.444 e. The number of hydrogen-bond donors (Lipinski definition) is 0. The van der Waals surface area contributed by atoms with E-state index in [0.29, 0.717) is 13.0 Å². The van der Waals surface area contributed by atoms with E-state index in [2.05, 4.69) is 4.99 Å². The van der Waals surface area contributed by atoms with Crippen LogP contribution in [-0.2, 0) is 9.53 Å². The Morgan fingerprint density at radius 1 is 1.53 bits per heavy atom. The Kier molecular flexibility index (Phi) is 4.23. The third-order valence-corrected chi connectivity index (χ3v) is 2.38. The van der Waals surface area contributed by atoms with Gasteiger partial charge in [0.2, 0.25) is 6.08 Å². The standard InChI is InChI=1S/C11H17FN2O3/c1-11(2,3)17-10(16)14-5-4-9(13-7-15)8(12)6-14/h8-9H,4-6H2,1-3H3. The van der Waals surface area contributed by atoms with Crippen LogP contribution in [0.5, 0.6) is 0 Å². The molecule has 0 aromatic carbocycles. The van der Waals surface area contributed by atoms with Crippen molar-refractivity contribution in [3.05, 3.63) is 0 Å². The second-order valence-corrected chi connectivity index (χ2v) is 5.02. The molecule has 1 aliphatic rings. The molecule has 1 fully saturated rings. The fraction of sp³-hybridized carbons (Fsp3) is 0.818. The van der Waals surface area contributed by atoms with Crippen molar-refractivity contribution in [3.63, 3.8) is 0 Å². The molecule has 0 bridgehead atoms. The molecule has 1 rings (SSSR count). The molecule has 0 N–H and O–H groups in total. The average Bonchev–Trinajstić information content (AvgIpc) is 2.18. The number of carbonyl (C=O) groups is 1. The van der Waals surface area contributed by atoms with Gasteiger partial charge < -0.3 is 9.64 Å². The van der Waals surface area contributed by atoms with Crippen molar-refractivity contribution in [1.29, 1.82) is 0 Å². The summed E-state index contributed by atoms with van der Waals surface area (Å²) in [6.45, 7) is 5.50. The number of carbonyl (C=O) groups excluding carboxylic acids is 2. The maximum Gasteiger partial charge on any atom is 0.410 e. The molecule has 0 aliphatic carbocycles. The third-order valence-electron chi connectivity index (χ3n) is 2.38. The van der Waals surface area contributed by atoms with E-state index in [4.69, 9.17) is 4.74 Å². The molecule has 0 saturated carbocycles.